The third kappa shape index (κ3) is 7.26. The van der Waals surface area contributed by atoms with E-state index < -0.39 is 33.4 Å². The number of nitrogens with zero attached hydrogens (tertiary/aromatic N) is 3. The lowest BCUT2D eigenvalue weighted by Crippen LogP contribution is -2.52. The van der Waals surface area contributed by atoms with Gasteiger partial charge in [0.2, 0.25) is 21.8 Å². The summed E-state index contributed by atoms with van der Waals surface area (Å²) < 4.78 is 26.9. The van der Waals surface area contributed by atoms with Gasteiger partial charge in [-0.1, -0.05) is 47.0 Å². The molecule has 2 amide bonds. The number of hydrogen-bond donors (Lipinski definition) is 1. The molecule has 10 nitrogen and oxygen atoms in total. The number of nitro benzene ring substituents is 1. The fourth-order valence-electron chi connectivity index (χ4n) is 4.14. The van der Waals surface area contributed by atoms with Crippen LogP contribution in [0.2, 0.25) is 0 Å². The molecule has 0 saturated heterocycles. The summed E-state index contributed by atoms with van der Waals surface area (Å²) in [4.78, 5) is 38.5. The van der Waals surface area contributed by atoms with Gasteiger partial charge in [-0.2, -0.15) is 0 Å². The highest BCUT2D eigenvalue weighted by Crippen LogP contribution is 2.24. The summed E-state index contributed by atoms with van der Waals surface area (Å²) in [5.41, 5.74) is 0.449. The molecule has 194 valence electrons. The molecule has 0 aromatic heterocycles. The lowest BCUT2D eigenvalue weighted by molar-refractivity contribution is -0.384. The van der Waals surface area contributed by atoms with E-state index in [4.69, 9.17) is 0 Å². The molecule has 1 fully saturated rings. The molecule has 2 aromatic carbocycles. The van der Waals surface area contributed by atoms with Crippen LogP contribution in [0.5, 0.6) is 0 Å². The van der Waals surface area contributed by atoms with Crippen molar-refractivity contribution < 1.29 is 22.9 Å². The molecule has 0 radical (unpaired) electrons. The van der Waals surface area contributed by atoms with E-state index in [2.05, 4.69) is 21.2 Å². The number of carbonyl (C=O) groups is 2. The molecule has 1 aliphatic carbocycles. The first-order valence-corrected chi connectivity index (χ1v) is 14.2. The molecule has 1 aliphatic rings. The highest BCUT2D eigenvalue weighted by molar-refractivity contribution is 9.10. The Kier molecular flexibility index (Phi) is 9.07. The highest BCUT2D eigenvalue weighted by Gasteiger charge is 2.31. The van der Waals surface area contributed by atoms with Crippen molar-refractivity contribution in [2.45, 2.75) is 51.2 Å². The SMILES string of the molecule is C[C@H](C(=O)NC1CCCC1)N(Cc1ccc(Br)cc1)C(=O)CN(c1cccc([N+](=O)[O-])c1)S(C)(=O)=O. The minimum atomic E-state index is -3.98. The summed E-state index contributed by atoms with van der Waals surface area (Å²) in [5, 5.41) is 14.2. The molecule has 0 aliphatic heterocycles. The highest BCUT2D eigenvalue weighted by atomic mass is 79.9. The zero-order valence-corrected chi connectivity index (χ0v) is 22.5. The van der Waals surface area contributed by atoms with Gasteiger partial charge in [-0.15, -0.1) is 0 Å². The van der Waals surface area contributed by atoms with Crippen LogP contribution in [0.15, 0.2) is 53.0 Å². The molecular weight excluding hydrogens is 552 g/mol. The molecule has 0 spiro atoms. The summed E-state index contributed by atoms with van der Waals surface area (Å²) in [6.45, 7) is 1.08. The summed E-state index contributed by atoms with van der Waals surface area (Å²) in [6, 6.07) is 11.5. The molecule has 0 bridgehead atoms. The van der Waals surface area contributed by atoms with Crippen LogP contribution in [0.4, 0.5) is 11.4 Å². The van der Waals surface area contributed by atoms with Crippen LogP contribution in [-0.2, 0) is 26.2 Å². The number of anilines is 1. The second-order valence-corrected chi connectivity index (χ2v) is 11.7. The van der Waals surface area contributed by atoms with E-state index in [-0.39, 0.29) is 29.9 Å². The number of benzene rings is 2. The average molecular weight is 581 g/mol. The van der Waals surface area contributed by atoms with E-state index in [1.165, 1.54) is 23.1 Å². The van der Waals surface area contributed by atoms with Crippen molar-refractivity contribution in [2.75, 3.05) is 17.1 Å². The molecule has 12 heteroatoms. The Balaban J connectivity index is 1.90. The Hall–Kier alpha value is -2.99. The van der Waals surface area contributed by atoms with Crippen LogP contribution in [-0.4, -0.2) is 54.9 Å². The first kappa shape index (κ1) is 27.6. The van der Waals surface area contributed by atoms with Crippen LogP contribution >= 0.6 is 15.9 Å². The fourth-order valence-corrected chi connectivity index (χ4v) is 5.24. The quantitative estimate of drug-likeness (QED) is 0.337. The predicted molar refractivity (Wildman–Crippen MR) is 140 cm³/mol. The maximum Gasteiger partial charge on any atom is 0.271 e. The Bertz CT molecular complexity index is 1220. The lowest BCUT2D eigenvalue weighted by Gasteiger charge is -2.32. The average Bonchev–Trinajstić information content (AvgIpc) is 3.34. The van der Waals surface area contributed by atoms with Crippen molar-refractivity contribution in [3.63, 3.8) is 0 Å². The van der Waals surface area contributed by atoms with Gasteiger partial charge in [0.25, 0.3) is 5.69 Å². The van der Waals surface area contributed by atoms with E-state index >= 15 is 0 Å². The van der Waals surface area contributed by atoms with E-state index in [0.29, 0.717) is 0 Å². The second kappa shape index (κ2) is 11.8. The molecule has 0 heterocycles. The summed E-state index contributed by atoms with van der Waals surface area (Å²) in [6.07, 6.45) is 4.76. The zero-order valence-electron chi connectivity index (χ0n) is 20.1. The molecule has 2 aromatic rings. The normalized spacial score (nSPS) is 14.8. The number of rotatable bonds is 10. The van der Waals surface area contributed by atoms with Gasteiger partial charge >= 0.3 is 0 Å². The molecule has 1 atom stereocenters. The largest absolute Gasteiger partial charge is 0.352 e. The van der Waals surface area contributed by atoms with Crippen molar-refractivity contribution in [2.24, 2.45) is 0 Å². The maximum atomic E-state index is 13.5. The molecule has 36 heavy (non-hydrogen) atoms. The van der Waals surface area contributed by atoms with Crippen LogP contribution in [0, 0.1) is 10.1 Å². The number of sulfonamides is 1. The summed E-state index contributed by atoms with van der Waals surface area (Å²) >= 11 is 3.37. The van der Waals surface area contributed by atoms with Gasteiger partial charge in [-0.3, -0.25) is 24.0 Å². The van der Waals surface area contributed by atoms with Crippen molar-refractivity contribution in [3.8, 4) is 0 Å². The van der Waals surface area contributed by atoms with Crippen molar-refractivity contribution in [3.05, 3.63) is 68.7 Å². The smallest absolute Gasteiger partial charge is 0.271 e. The first-order chi connectivity index (χ1) is 17.0. The Morgan fingerprint density at radius 2 is 1.81 bits per heavy atom. The first-order valence-electron chi connectivity index (χ1n) is 11.5. The Morgan fingerprint density at radius 1 is 1.17 bits per heavy atom. The topological polar surface area (TPSA) is 130 Å². The van der Waals surface area contributed by atoms with Gasteiger partial charge in [-0.05, 0) is 43.5 Å². The third-order valence-corrected chi connectivity index (χ3v) is 7.81. The lowest BCUT2D eigenvalue weighted by atomic mass is 10.1. The Morgan fingerprint density at radius 3 is 2.39 bits per heavy atom. The molecule has 0 unspecified atom stereocenters. The summed E-state index contributed by atoms with van der Waals surface area (Å²) in [5.74, 6) is -0.919. The number of non-ortho nitro benzene ring substituents is 1. The number of nitro groups is 1. The van der Waals surface area contributed by atoms with Crippen LogP contribution in [0.1, 0.15) is 38.2 Å². The standard InChI is InChI=1S/C24H29BrN4O6S/c1-17(24(31)26-20-6-3-4-7-20)27(15-18-10-12-19(25)13-11-18)23(30)16-28(36(2,34)35)21-8-5-9-22(14-21)29(32)33/h5,8-14,17,20H,3-4,6-7,15-16H2,1-2H3,(H,26,31)/t17-/m1/s1. The van der Waals surface area contributed by atoms with E-state index in [1.54, 1.807) is 19.1 Å². The van der Waals surface area contributed by atoms with Crippen molar-refractivity contribution in [1.29, 1.82) is 0 Å². The molecule has 3 rings (SSSR count). The number of amides is 2. The number of hydrogen-bond acceptors (Lipinski definition) is 6. The minimum absolute atomic E-state index is 0.00768. The number of carbonyl (C=O) groups excluding carboxylic acids is 2. The van der Waals surface area contributed by atoms with Gasteiger partial charge in [0.05, 0.1) is 16.9 Å². The van der Waals surface area contributed by atoms with E-state index in [9.17, 15) is 28.1 Å². The Labute approximate surface area is 219 Å². The monoisotopic (exact) mass is 580 g/mol. The maximum absolute atomic E-state index is 13.5. The molecule has 1 saturated carbocycles. The number of halogens is 1. The second-order valence-electron chi connectivity index (χ2n) is 8.86. The predicted octanol–water partition coefficient (Wildman–Crippen LogP) is 3.60. The van der Waals surface area contributed by atoms with Crippen molar-refractivity contribution in [1.82, 2.24) is 10.2 Å². The van der Waals surface area contributed by atoms with Gasteiger partial charge in [0.15, 0.2) is 0 Å². The fraction of sp³-hybridized carbons (Fsp3) is 0.417. The van der Waals surface area contributed by atoms with Crippen LogP contribution in [0.3, 0.4) is 0 Å². The van der Waals surface area contributed by atoms with Crippen LogP contribution < -0.4 is 9.62 Å². The summed E-state index contributed by atoms with van der Waals surface area (Å²) in [7, 11) is -3.98. The van der Waals surface area contributed by atoms with E-state index in [0.717, 1.165) is 52.3 Å². The number of nitrogens with one attached hydrogen (secondary N) is 1. The van der Waals surface area contributed by atoms with Gasteiger partial charge in [0.1, 0.15) is 12.6 Å². The molecule has 1 N–H and O–H groups in total. The van der Waals surface area contributed by atoms with Gasteiger partial charge in [0, 0.05) is 29.2 Å². The van der Waals surface area contributed by atoms with Crippen molar-refractivity contribution >= 4 is 49.1 Å². The van der Waals surface area contributed by atoms with Gasteiger partial charge in [-0.25, -0.2) is 8.42 Å². The van der Waals surface area contributed by atoms with Crippen LogP contribution in [0.25, 0.3) is 0 Å². The third-order valence-electron chi connectivity index (χ3n) is 6.14. The molecular formula is C24H29BrN4O6S. The zero-order chi connectivity index (χ0) is 26.5. The minimum Gasteiger partial charge on any atom is -0.352 e. The van der Waals surface area contributed by atoms with E-state index in [1.807, 2.05) is 12.1 Å². The van der Waals surface area contributed by atoms with Gasteiger partial charge < -0.3 is 10.2 Å².